The summed E-state index contributed by atoms with van der Waals surface area (Å²) >= 11 is 0. The molecule has 0 aliphatic heterocycles. The molecule has 1 rings (SSSR count). The molecule has 0 saturated carbocycles. The molecule has 31 heavy (non-hydrogen) atoms. The van der Waals surface area contributed by atoms with Crippen molar-refractivity contribution in [3.05, 3.63) is 40.6 Å². The van der Waals surface area contributed by atoms with Gasteiger partial charge in [0.25, 0.3) is 0 Å². The summed E-state index contributed by atoms with van der Waals surface area (Å²) in [6.45, 7) is 13.0. The molecule has 0 aliphatic carbocycles. The Morgan fingerprint density at radius 3 is 2.03 bits per heavy atom. The Labute approximate surface area is 203 Å². The van der Waals surface area contributed by atoms with Crippen LogP contribution < -0.4 is 0 Å². The molecule has 0 aliphatic rings. The van der Waals surface area contributed by atoms with E-state index in [9.17, 15) is 8.42 Å². The van der Waals surface area contributed by atoms with Crippen molar-refractivity contribution in [1.29, 1.82) is 0 Å². The molecule has 1 aromatic carbocycles. The first-order chi connectivity index (χ1) is 14.4. The Bertz CT molecular complexity index is 649. The minimum Gasteiger partial charge on any atom is -0.546 e. The van der Waals surface area contributed by atoms with Gasteiger partial charge < -0.3 is 9.21 Å². The van der Waals surface area contributed by atoms with Gasteiger partial charge >= 0.3 is 0 Å². The van der Waals surface area contributed by atoms with Crippen molar-refractivity contribution in [3.8, 4) is 0 Å². The lowest BCUT2D eigenvalue weighted by atomic mass is 10.1. The summed E-state index contributed by atoms with van der Waals surface area (Å²) in [5.74, 6) is 0.211. The molecular formula is C25H47BrN2O2S. The lowest BCUT2D eigenvalue weighted by Gasteiger charge is -2.38. The van der Waals surface area contributed by atoms with Gasteiger partial charge in [-0.05, 0) is 26.7 Å². The van der Waals surface area contributed by atoms with Gasteiger partial charge in [0.2, 0.25) is 0 Å². The minimum absolute atomic E-state index is 0. The van der Waals surface area contributed by atoms with Crippen molar-refractivity contribution in [2.75, 3.05) is 25.4 Å². The van der Waals surface area contributed by atoms with Crippen LogP contribution in [0.4, 0.5) is 0 Å². The predicted molar refractivity (Wildman–Crippen MR) is 141 cm³/mol. The largest absolute Gasteiger partial charge is 0.546 e. The van der Waals surface area contributed by atoms with Gasteiger partial charge in [-0.3, -0.25) is 0 Å². The number of halogens is 1. The molecule has 182 valence electrons. The molecule has 0 N–H and O–H groups in total. The Morgan fingerprint density at radius 2 is 1.45 bits per heavy atom. The lowest BCUT2D eigenvalue weighted by Crippen LogP contribution is -2.47. The van der Waals surface area contributed by atoms with Gasteiger partial charge in [0.15, 0.2) is 0 Å². The fourth-order valence-electron chi connectivity index (χ4n) is 4.16. The molecule has 0 aromatic heterocycles. The van der Waals surface area contributed by atoms with E-state index >= 15 is 0 Å². The maximum Gasteiger partial charge on any atom is 0.104 e. The third kappa shape index (κ3) is 13.7. The highest BCUT2D eigenvalue weighted by molar-refractivity contribution is 8.93. The second-order valence-corrected chi connectivity index (χ2v) is 10.6. The summed E-state index contributed by atoms with van der Waals surface area (Å²) < 4.78 is 29.9. The molecule has 0 spiro atoms. The maximum absolute atomic E-state index is 12.3. The predicted octanol–water partition coefficient (Wildman–Crippen LogP) is 7.24. The highest BCUT2D eigenvalue weighted by Crippen LogP contribution is 2.20. The van der Waals surface area contributed by atoms with Crippen molar-refractivity contribution in [2.24, 2.45) is 0 Å². The zero-order valence-corrected chi connectivity index (χ0v) is 22.9. The number of quaternary nitrogens is 1. The van der Waals surface area contributed by atoms with Crippen molar-refractivity contribution in [1.82, 2.24) is 0 Å². The molecule has 0 radical (unpaired) electrons. The number of sulfonamides is 1. The van der Waals surface area contributed by atoms with Gasteiger partial charge in [0.1, 0.15) is 6.54 Å². The molecule has 1 unspecified atom stereocenters. The van der Waals surface area contributed by atoms with E-state index < -0.39 is 10.0 Å². The molecule has 1 atom stereocenters. The van der Waals surface area contributed by atoms with Crippen LogP contribution in [0.15, 0.2) is 30.3 Å². The summed E-state index contributed by atoms with van der Waals surface area (Å²) in [6.07, 6.45) is 9.74. The first-order valence-electron chi connectivity index (χ1n) is 12.2. The fraction of sp³-hybridized carbons (Fsp3) is 0.760. The van der Waals surface area contributed by atoms with E-state index in [4.69, 9.17) is 0 Å². The van der Waals surface area contributed by atoms with Crippen LogP contribution in [0.3, 0.4) is 0 Å². The smallest absolute Gasteiger partial charge is 0.104 e. The van der Waals surface area contributed by atoms with Crippen molar-refractivity contribution >= 4 is 27.0 Å². The normalized spacial score (nSPS) is 13.0. The van der Waals surface area contributed by atoms with E-state index in [2.05, 4.69) is 55.8 Å². The first kappa shape index (κ1) is 30.6. The molecule has 1 aromatic rings. The van der Waals surface area contributed by atoms with Gasteiger partial charge in [-0.2, -0.15) is 0 Å². The maximum atomic E-state index is 12.3. The van der Waals surface area contributed by atoms with Crippen LogP contribution >= 0.6 is 17.0 Å². The van der Waals surface area contributed by atoms with Gasteiger partial charge in [0, 0.05) is 11.3 Å². The standard InChI is InChI=1S/C25H46N2O2S.BrH/c1-5-8-9-10-11-12-16-22-30(28,29)26-24(4)18-17-21-27(6-2,7-3)23-25-19-14-13-15-20-25;/h13-15,19-20,24H,5-12,16-18,21-23H2,1-4H3;1H. The molecule has 0 fully saturated rings. The number of nitrogens with zero attached hydrogens (tertiary/aromatic N) is 2. The van der Waals surface area contributed by atoms with Gasteiger partial charge in [-0.25, -0.2) is 8.42 Å². The average molecular weight is 520 g/mol. The SMILES string of the molecule is Br.CCCCCCCCCS(=O)(=O)[N-]C(C)CCC[N+](CC)(CC)Cc1ccccc1. The second-order valence-electron chi connectivity index (χ2n) is 8.85. The molecule has 0 bridgehead atoms. The summed E-state index contributed by atoms with van der Waals surface area (Å²) in [7, 11) is -3.28. The van der Waals surface area contributed by atoms with Gasteiger partial charge in [-0.15, -0.1) is 23.0 Å². The van der Waals surface area contributed by atoms with Crippen LogP contribution in [-0.4, -0.2) is 44.3 Å². The molecule has 0 amide bonds. The third-order valence-corrected chi connectivity index (χ3v) is 7.79. The van der Waals surface area contributed by atoms with Crippen LogP contribution in [0.1, 0.15) is 91.0 Å². The van der Waals surface area contributed by atoms with E-state index in [1.54, 1.807) is 0 Å². The molecular weight excluding hydrogens is 472 g/mol. The Hall–Kier alpha value is -0.430. The third-order valence-electron chi connectivity index (χ3n) is 6.30. The Balaban J connectivity index is 0.00000900. The van der Waals surface area contributed by atoms with Crippen molar-refractivity contribution < 1.29 is 12.9 Å². The number of benzene rings is 1. The van der Waals surface area contributed by atoms with E-state index in [1.807, 2.05) is 6.92 Å². The van der Waals surface area contributed by atoms with Crippen LogP contribution in [0.2, 0.25) is 0 Å². The topological polar surface area (TPSA) is 48.2 Å². The van der Waals surface area contributed by atoms with Crippen molar-refractivity contribution in [2.45, 2.75) is 98.1 Å². The van der Waals surface area contributed by atoms with E-state index in [-0.39, 0.29) is 28.8 Å². The number of unbranched alkanes of at least 4 members (excludes halogenated alkanes) is 6. The fourth-order valence-corrected chi connectivity index (χ4v) is 5.48. The van der Waals surface area contributed by atoms with Crippen LogP contribution in [0.5, 0.6) is 0 Å². The Kier molecular flexibility index (Phi) is 16.9. The van der Waals surface area contributed by atoms with Gasteiger partial charge in [0.05, 0.1) is 29.7 Å². The second kappa shape index (κ2) is 17.1. The number of hydrogen-bond acceptors (Lipinski definition) is 2. The molecule has 0 saturated heterocycles. The van der Waals surface area contributed by atoms with Crippen LogP contribution in [0.25, 0.3) is 4.72 Å². The summed E-state index contributed by atoms with van der Waals surface area (Å²) in [6, 6.07) is 10.6. The van der Waals surface area contributed by atoms with E-state index in [0.717, 1.165) is 62.8 Å². The number of hydrogen-bond donors (Lipinski definition) is 0. The van der Waals surface area contributed by atoms with Gasteiger partial charge in [-0.1, -0.05) is 89.1 Å². The highest BCUT2D eigenvalue weighted by Gasteiger charge is 2.23. The van der Waals surface area contributed by atoms with Crippen molar-refractivity contribution in [3.63, 3.8) is 0 Å². The molecule has 4 nitrogen and oxygen atoms in total. The number of rotatable bonds is 18. The average Bonchev–Trinajstić information content (AvgIpc) is 2.72. The monoisotopic (exact) mass is 518 g/mol. The molecule has 0 heterocycles. The van der Waals surface area contributed by atoms with E-state index in [1.165, 1.54) is 31.2 Å². The van der Waals surface area contributed by atoms with Crippen LogP contribution in [0, 0.1) is 0 Å². The summed E-state index contributed by atoms with van der Waals surface area (Å²) in [5, 5.41) is 0. The molecule has 6 heteroatoms. The minimum atomic E-state index is -3.28. The summed E-state index contributed by atoms with van der Waals surface area (Å²) in [4.78, 5) is 0. The zero-order valence-electron chi connectivity index (χ0n) is 20.4. The lowest BCUT2D eigenvalue weighted by molar-refractivity contribution is -0.938. The summed E-state index contributed by atoms with van der Waals surface area (Å²) in [5.41, 5.74) is 1.37. The highest BCUT2D eigenvalue weighted by atomic mass is 79.9. The van der Waals surface area contributed by atoms with E-state index in [0.29, 0.717) is 0 Å². The quantitative estimate of drug-likeness (QED) is 0.152. The zero-order chi connectivity index (χ0) is 22.3. The van der Waals surface area contributed by atoms with Crippen LogP contribution in [-0.2, 0) is 16.6 Å². The Morgan fingerprint density at radius 1 is 0.871 bits per heavy atom. The first-order valence-corrected chi connectivity index (χ1v) is 13.8.